The van der Waals surface area contributed by atoms with Gasteiger partial charge in [-0.25, -0.2) is 9.13 Å². The van der Waals surface area contributed by atoms with E-state index in [0.717, 1.165) is 6.54 Å². The smallest absolute Gasteiger partial charge is 0.224 e. The van der Waals surface area contributed by atoms with Crippen molar-refractivity contribution in [1.29, 1.82) is 5.26 Å². The van der Waals surface area contributed by atoms with Gasteiger partial charge in [-0.15, -0.1) is 0 Å². The maximum absolute atomic E-state index is 8.63. The second-order valence-corrected chi connectivity index (χ2v) is 2.13. The fourth-order valence-electron chi connectivity index (χ4n) is 0.923. The summed E-state index contributed by atoms with van der Waals surface area (Å²) in [4.78, 5) is 0. The van der Waals surface area contributed by atoms with Crippen LogP contribution in [0.4, 0.5) is 0 Å². The molecule has 0 amide bonds. The highest BCUT2D eigenvalue weighted by molar-refractivity contribution is 5.04. The van der Waals surface area contributed by atoms with E-state index in [0.29, 0.717) is 5.82 Å². The lowest BCUT2D eigenvalue weighted by Gasteiger charge is -1.87. The maximum Gasteiger partial charge on any atom is 0.361 e. The number of imidazole rings is 1. The van der Waals surface area contributed by atoms with E-state index in [1.54, 1.807) is 0 Å². The molecule has 0 radical (unpaired) electrons. The van der Waals surface area contributed by atoms with Gasteiger partial charge in [0.1, 0.15) is 12.4 Å². The lowest BCUT2D eigenvalue weighted by Crippen LogP contribution is -2.30. The molecule has 52 valence electrons. The van der Waals surface area contributed by atoms with E-state index in [9.17, 15) is 0 Å². The topological polar surface area (TPSA) is 32.6 Å². The molecule has 0 saturated heterocycles. The molecule has 1 rings (SSSR count). The lowest BCUT2D eigenvalue weighted by molar-refractivity contribution is -0.673. The van der Waals surface area contributed by atoms with Gasteiger partial charge in [-0.2, -0.15) is 5.26 Å². The molecule has 0 fully saturated rings. The summed E-state index contributed by atoms with van der Waals surface area (Å²) in [5.41, 5.74) is 0. The Hall–Kier alpha value is -1.30. The first-order chi connectivity index (χ1) is 4.79. The molecule has 1 aromatic heterocycles. The minimum Gasteiger partial charge on any atom is -0.224 e. The van der Waals surface area contributed by atoms with Gasteiger partial charge in [0.05, 0.1) is 13.6 Å². The number of nitriles is 1. The number of aryl methyl sites for hydroxylation is 2. The largest absolute Gasteiger partial charge is 0.361 e. The summed E-state index contributed by atoms with van der Waals surface area (Å²) >= 11 is 0. The van der Waals surface area contributed by atoms with E-state index in [4.69, 9.17) is 5.26 Å². The number of hydrogen-bond donors (Lipinski definition) is 0. The van der Waals surface area contributed by atoms with Crippen molar-refractivity contribution in [3.05, 3.63) is 18.2 Å². The number of rotatable bonds is 1. The summed E-state index contributed by atoms with van der Waals surface area (Å²) in [6, 6.07) is 2.12. The molecule has 0 spiro atoms. The summed E-state index contributed by atoms with van der Waals surface area (Å²) in [7, 11) is 1.87. The third-order valence-electron chi connectivity index (χ3n) is 1.52. The highest BCUT2D eigenvalue weighted by Gasteiger charge is 2.10. The minimum absolute atomic E-state index is 0.697. The zero-order valence-corrected chi connectivity index (χ0v) is 6.20. The fourth-order valence-corrected chi connectivity index (χ4v) is 0.923. The Labute approximate surface area is 60.1 Å². The summed E-state index contributed by atoms with van der Waals surface area (Å²) in [5.74, 6) is 0.697. The van der Waals surface area contributed by atoms with Crippen LogP contribution < -0.4 is 4.57 Å². The molecular formula is C7H10N3+. The van der Waals surface area contributed by atoms with Crippen molar-refractivity contribution in [3.8, 4) is 6.07 Å². The van der Waals surface area contributed by atoms with Crippen molar-refractivity contribution in [2.75, 3.05) is 0 Å². The molecular weight excluding hydrogens is 126 g/mol. The summed E-state index contributed by atoms with van der Waals surface area (Å²) in [5, 5.41) is 8.63. The van der Waals surface area contributed by atoms with Gasteiger partial charge in [0.25, 0.3) is 0 Å². The van der Waals surface area contributed by atoms with Crippen LogP contribution in [-0.2, 0) is 13.6 Å². The zero-order valence-electron chi connectivity index (χ0n) is 6.20. The predicted octanol–water partition coefficient (Wildman–Crippen LogP) is 0.204. The van der Waals surface area contributed by atoms with Crippen LogP contribution in [0.2, 0.25) is 0 Å². The molecule has 1 aromatic rings. The average molecular weight is 136 g/mol. The molecule has 10 heavy (non-hydrogen) atoms. The van der Waals surface area contributed by atoms with Crippen molar-refractivity contribution in [2.24, 2.45) is 7.05 Å². The van der Waals surface area contributed by atoms with Crippen LogP contribution in [0, 0.1) is 11.3 Å². The predicted molar refractivity (Wildman–Crippen MR) is 36.0 cm³/mol. The first-order valence-electron chi connectivity index (χ1n) is 3.24. The Bertz CT molecular complexity index is 267. The van der Waals surface area contributed by atoms with Gasteiger partial charge in [-0.1, -0.05) is 0 Å². The molecule has 0 atom stereocenters. The van der Waals surface area contributed by atoms with Gasteiger partial charge in [-0.3, -0.25) is 0 Å². The molecule has 1 heterocycles. The Morgan fingerprint density at radius 3 is 2.90 bits per heavy atom. The molecule has 0 unspecified atom stereocenters. The highest BCUT2D eigenvalue weighted by Crippen LogP contribution is 1.90. The number of aromatic nitrogens is 2. The lowest BCUT2D eigenvalue weighted by atomic mass is 10.6. The molecule has 0 aliphatic heterocycles. The van der Waals surface area contributed by atoms with Gasteiger partial charge in [0, 0.05) is 0 Å². The van der Waals surface area contributed by atoms with Crippen LogP contribution in [0.5, 0.6) is 0 Å². The molecule has 0 N–H and O–H groups in total. The summed E-state index contributed by atoms with van der Waals surface area (Å²) in [6.45, 7) is 2.87. The van der Waals surface area contributed by atoms with Crippen molar-refractivity contribution in [1.82, 2.24) is 4.57 Å². The van der Waals surface area contributed by atoms with E-state index in [1.807, 2.05) is 35.5 Å². The molecule has 0 aliphatic rings. The van der Waals surface area contributed by atoms with Crippen molar-refractivity contribution in [2.45, 2.75) is 13.5 Å². The average Bonchev–Trinajstić information content (AvgIpc) is 2.30. The van der Waals surface area contributed by atoms with Crippen molar-refractivity contribution < 1.29 is 4.57 Å². The van der Waals surface area contributed by atoms with Crippen LogP contribution in [0.15, 0.2) is 12.4 Å². The highest BCUT2D eigenvalue weighted by atomic mass is 15.1. The third kappa shape index (κ3) is 0.883. The van der Waals surface area contributed by atoms with Gasteiger partial charge < -0.3 is 0 Å². The second kappa shape index (κ2) is 2.53. The Morgan fingerprint density at radius 1 is 1.80 bits per heavy atom. The standard InChI is InChI=1S/C7H10N3/c1-3-10-5-4-9(2)7(10)6-8/h4-5H,3H2,1-2H3/q+1. The quantitative estimate of drug-likeness (QED) is 0.508. The molecule has 0 aliphatic carbocycles. The minimum atomic E-state index is 0.697. The molecule has 0 bridgehead atoms. The summed E-state index contributed by atoms with van der Waals surface area (Å²) < 4.78 is 3.71. The van der Waals surface area contributed by atoms with Crippen molar-refractivity contribution >= 4 is 0 Å². The second-order valence-electron chi connectivity index (χ2n) is 2.13. The molecule has 0 aromatic carbocycles. The van der Waals surface area contributed by atoms with Crippen LogP contribution in [0.1, 0.15) is 12.7 Å². The van der Waals surface area contributed by atoms with Crippen LogP contribution >= 0.6 is 0 Å². The monoisotopic (exact) mass is 136 g/mol. The zero-order chi connectivity index (χ0) is 7.56. The first-order valence-corrected chi connectivity index (χ1v) is 3.24. The van der Waals surface area contributed by atoms with E-state index in [2.05, 4.69) is 6.07 Å². The van der Waals surface area contributed by atoms with Crippen molar-refractivity contribution in [3.63, 3.8) is 0 Å². The Kier molecular flexibility index (Phi) is 1.72. The van der Waals surface area contributed by atoms with Gasteiger partial charge in [-0.05, 0) is 6.92 Å². The van der Waals surface area contributed by atoms with Gasteiger partial charge in [0.2, 0.25) is 0 Å². The number of nitrogens with zero attached hydrogens (tertiary/aromatic N) is 3. The van der Waals surface area contributed by atoms with Crippen LogP contribution in [-0.4, -0.2) is 4.57 Å². The van der Waals surface area contributed by atoms with E-state index in [-0.39, 0.29) is 0 Å². The first kappa shape index (κ1) is 6.81. The van der Waals surface area contributed by atoms with E-state index < -0.39 is 0 Å². The Balaban J connectivity index is 3.17. The molecule has 0 saturated carbocycles. The molecule has 3 heteroatoms. The summed E-state index contributed by atoms with van der Waals surface area (Å²) in [6.07, 6.45) is 3.78. The SMILES string of the molecule is CCn1cc[n+](C)c1C#N. The Morgan fingerprint density at radius 2 is 2.50 bits per heavy atom. The van der Waals surface area contributed by atoms with Crippen LogP contribution in [0.3, 0.4) is 0 Å². The van der Waals surface area contributed by atoms with Gasteiger partial charge >= 0.3 is 5.82 Å². The fraction of sp³-hybridized carbons (Fsp3) is 0.429. The molecule has 3 nitrogen and oxygen atoms in total. The van der Waals surface area contributed by atoms with E-state index >= 15 is 0 Å². The number of hydrogen-bond acceptors (Lipinski definition) is 1. The van der Waals surface area contributed by atoms with Crippen LogP contribution in [0.25, 0.3) is 0 Å². The maximum atomic E-state index is 8.63. The third-order valence-corrected chi connectivity index (χ3v) is 1.52. The van der Waals surface area contributed by atoms with Gasteiger partial charge in [0.15, 0.2) is 6.07 Å². The van der Waals surface area contributed by atoms with E-state index in [1.165, 1.54) is 0 Å². The normalized spacial score (nSPS) is 9.30.